The van der Waals surface area contributed by atoms with Gasteiger partial charge >= 0.3 is 0 Å². The summed E-state index contributed by atoms with van der Waals surface area (Å²) in [5.41, 5.74) is 0. The molecule has 1 atom stereocenters. The van der Waals surface area contributed by atoms with Crippen molar-refractivity contribution in [1.29, 1.82) is 0 Å². The molecule has 1 fully saturated rings. The van der Waals surface area contributed by atoms with Gasteiger partial charge in [0.25, 0.3) is 0 Å². The van der Waals surface area contributed by atoms with Gasteiger partial charge < -0.3 is 15.0 Å². The van der Waals surface area contributed by atoms with Crippen LogP contribution in [0.5, 0.6) is 0 Å². The molecule has 76 valence electrons. The van der Waals surface area contributed by atoms with Gasteiger partial charge in [-0.2, -0.15) is 0 Å². The highest BCUT2D eigenvalue weighted by Crippen LogP contribution is 2.14. The third-order valence-electron chi connectivity index (χ3n) is 2.35. The van der Waals surface area contributed by atoms with Crippen LogP contribution in [0.1, 0.15) is 6.42 Å². The Balaban J connectivity index is 2.28. The zero-order valence-electron chi connectivity index (χ0n) is 8.38. The lowest BCUT2D eigenvalue weighted by Crippen LogP contribution is -2.37. The molecule has 0 aromatic carbocycles. The van der Waals surface area contributed by atoms with Crippen LogP contribution in [-0.2, 0) is 9.53 Å². The summed E-state index contributed by atoms with van der Waals surface area (Å²) >= 11 is 0. The summed E-state index contributed by atoms with van der Waals surface area (Å²) in [7, 11) is 3.73. The minimum atomic E-state index is 0.0989. The molecule has 1 aliphatic heterocycles. The Morgan fingerprint density at radius 2 is 2.46 bits per heavy atom. The largest absolute Gasteiger partial charge is 0.381 e. The Hall–Kier alpha value is -0.610. The van der Waals surface area contributed by atoms with Gasteiger partial charge in [0, 0.05) is 26.7 Å². The average Bonchev–Trinajstić information content (AvgIpc) is 2.65. The van der Waals surface area contributed by atoms with Gasteiger partial charge in [-0.3, -0.25) is 4.79 Å². The third kappa shape index (κ3) is 2.97. The maximum absolute atomic E-state index is 11.7. The Kier molecular flexibility index (Phi) is 4.18. The van der Waals surface area contributed by atoms with E-state index in [1.807, 2.05) is 14.1 Å². The van der Waals surface area contributed by atoms with Crippen LogP contribution in [0.15, 0.2) is 0 Å². The lowest BCUT2D eigenvalue weighted by molar-refractivity contribution is -0.134. The molecule has 0 aliphatic carbocycles. The van der Waals surface area contributed by atoms with Crippen molar-refractivity contribution in [3.05, 3.63) is 0 Å². The molecule has 1 heterocycles. The van der Waals surface area contributed by atoms with Gasteiger partial charge in [-0.1, -0.05) is 0 Å². The molecule has 1 unspecified atom stereocenters. The standard InChI is InChI=1S/C9H18N2O2/c1-10-4-5-11(2)9(12)8-3-6-13-7-8/h8,10H,3-7H2,1-2H3. The van der Waals surface area contributed by atoms with Crippen LogP contribution in [0.4, 0.5) is 0 Å². The molecule has 13 heavy (non-hydrogen) atoms. The predicted molar refractivity (Wildman–Crippen MR) is 50.5 cm³/mol. The van der Waals surface area contributed by atoms with Crippen LogP contribution in [0.2, 0.25) is 0 Å². The Bertz CT molecular complexity index is 167. The first kappa shape index (κ1) is 10.5. The number of ether oxygens (including phenoxy) is 1. The molecule has 0 saturated carbocycles. The number of hydrogen-bond donors (Lipinski definition) is 1. The SMILES string of the molecule is CNCCN(C)C(=O)C1CCOC1. The Morgan fingerprint density at radius 1 is 1.69 bits per heavy atom. The van der Waals surface area contributed by atoms with Crippen molar-refractivity contribution in [2.45, 2.75) is 6.42 Å². The van der Waals surface area contributed by atoms with E-state index in [0.717, 1.165) is 26.1 Å². The monoisotopic (exact) mass is 186 g/mol. The highest BCUT2D eigenvalue weighted by atomic mass is 16.5. The van der Waals surface area contributed by atoms with Crippen LogP contribution in [0, 0.1) is 5.92 Å². The van der Waals surface area contributed by atoms with Crippen LogP contribution in [0.25, 0.3) is 0 Å². The van der Waals surface area contributed by atoms with E-state index in [2.05, 4.69) is 5.32 Å². The molecule has 0 spiro atoms. The van der Waals surface area contributed by atoms with Crippen molar-refractivity contribution in [2.24, 2.45) is 5.92 Å². The molecule has 1 N–H and O–H groups in total. The molecule has 0 radical (unpaired) electrons. The van der Waals surface area contributed by atoms with Crippen molar-refractivity contribution in [3.8, 4) is 0 Å². The van der Waals surface area contributed by atoms with Crippen LogP contribution >= 0.6 is 0 Å². The second-order valence-electron chi connectivity index (χ2n) is 3.42. The average molecular weight is 186 g/mol. The van der Waals surface area contributed by atoms with E-state index in [-0.39, 0.29) is 11.8 Å². The number of rotatable bonds is 4. The minimum absolute atomic E-state index is 0.0989. The zero-order valence-corrected chi connectivity index (χ0v) is 8.38. The summed E-state index contributed by atoms with van der Waals surface area (Å²) in [6.45, 7) is 2.95. The number of nitrogens with zero attached hydrogens (tertiary/aromatic N) is 1. The second-order valence-corrected chi connectivity index (χ2v) is 3.42. The number of carbonyl (C=O) groups is 1. The molecular weight excluding hydrogens is 168 g/mol. The van der Waals surface area contributed by atoms with E-state index in [4.69, 9.17) is 4.74 Å². The van der Waals surface area contributed by atoms with E-state index >= 15 is 0 Å². The highest BCUT2D eigenvalue weighted by Gasteiger charge is 2.25. The molecule has 1 rings (SSSR count). The maximum atomic E-state index is 11.7. The van der Waals surface area contributed by atoms with Gasteiger partial charge in [-0.25, -0.2) is 0 Å². The number of nitrogens with one attached hydrogen (secondary N) is 1. The zero-order chi connectivity index (χ0) is 9.68. The fourth-order valence-electron chi connectivity index (χ4n) is 1.43. The quantitative estimate of drug-likeness (QED) is 0.655. The fraction of sp³-hybridized carbons (Fsp3) is 0.889. The molecule has 1 saturated heterocycles. The van der Waals surface area contributed by atoms with Crippen LogP contribution in [0.3, 0.4) is 0 Å². The van der Waals surface area contributed by atoms with E-state index in [9.17, 15) is 4.79 Å². The highest BCUT2D eigenvalue weighted by molar-refractivity contribution is 5.78. The normalized spacial score (nSPS) is 21.8. The molecule has 0 bridgehead atoms. The lowest BCUT2D eigenvalue weighted by atomic mass is 10.1. The molecule has 4 heteroatoms. The van der Waals surface area contributed by atoms with E-state index in [1.165, 1.54) is 0 Å². The fourth-order valence-corrected chi connectivity index (χ4v) is 1.43. The van der Waals surface area contributed by atoms with Gasteiger partial charge in [-0.05, 0) is 13.5 Å². The smallest absolute Gasteiger partial charge is 0.227 e. The number of hydrogen-bond acceptors (Lipinski definition) is 3. The van der Waals surface area contributed by atoms with Crippen molar-refractivity contribution in [2.75, 3.05) is 40.4 Å². The van der Waals surface area contributed by atoms with Crippen LogP contribution < -0.4 is 5.32 Å². The summed E-state index contributed by atoms with van der Waals surface area (Å²) in [5.74, 6) is 0.314. The molecule has 1 aliphatic rings. The van der Waals surface area contributed by atoms with Crippen molar-refractivity contribution < 1.29 is 9.53 Å². The molecule has 0 aromatic rings. The molecule has 4 nitrogen and oxygen atoms in total. The van der Waals surface area contributed by atoms with Crippen molar-refractivity contribution in [3.63, 3.8) is 0 Å². The summed E-state index contributed by atoms with van der Waals surface area (Å²) in [4.78, 5) is 13.4. The third-order valence-corrected chi connectivity index (χ3v) is 2.35. The van der Waals surface area contributed by atoms with Gasteiger partial charge in [0.15, 0.2) is 0 Å². The number of amides is 1. The lowest BCUT2D eigenvalue weighted by Gasteiger charge is -2.19. The van der Waals surface area contributed by atoms with Crippen LogP contribution in [-0.4, -0.2) is 51.2 Å². The summed E-state index contributed by atoms with van der Waals surface area (Å²) in [5, 5.41) is 3.02. The molecule has 0 aromatic heterocycles. The summed E-state index contributed by atoms with van der Waals surface area (Å²) < 4.78 is 5.17. The van der Waals surface area contributed by atoms with Gasteiger partial charge in [0.2, 0.25) is 5.91 Å². The first-order valence-electron chi connectivity index (χ1n) is 4.73. The van der Waals surface area contributed by atoms with E-state index in [1.54, 1.807) is 4.90 Å². The Morgan fingerprint density at radius 3 is 3.00 bits per heavy atom. The van der Waals surface area contributed by atoms with Gasteiger partial charge in [-0.15, -0.1) is 0 Å². The van der Waals surface area contributed by atoms with E-state index in [0.29, 0.717) is 6.61 Å². The first-order chi connectivity index (χ1) is 6.25. The van der Waals surface area contributed by atoms with Gasteiger partial charge in [0.05, 0.1) is 12.5 Å². The second kappa shape index (κ2) is 5.19. The Labute approximate surface area is 79.2 Å². The predicted octanol–water partition coefficient (Wildman–Crippen LogP) is -0.299. The summed E-state index contributed by atoms with van der Waals surface area (Å²) in [6, 6.07) is 0. The topological polar surface area (TPSA) is 41.6 Å². The minimum Gasteiger partial charge on any atom is -0.381 e. The maximum Gasteiger partial charge on any atom is 0.227 e. The number of carbonyl (C=O) groups excluding carboxylic acids is 1. The van der Waals surface area contributed by atoms with Crippen molar-refractivity contribution >= 4 is 5.91 Å². The molecular formula is C9H18N2O2. The number of likely N-dealkylation sites (N-methyl/N-ethyl adjacent to an activating group) is 2. The summed E-state index contributed by atoms with van der Waals surface area (Å²) in [6.07, 6.45) is 0.878. The van der Waals surface area contributed by atoms with Crippen molar-refractivity contribution in [1.82, 2.24) is 10.2 Å². The first-order valence-corrected chi connectivity index (χ1v) is 4.73. The molecule has 1 amide bonds. The van der Waals surface area contributed by atoms with Gasteiger partial charge in [0.1, 0.15) is 0 Å². The van der Waals surface area contributed by atoms with E-state index < -0.39 is 0 Å².